The first-order chi connectivity index (χ1) is 14.9. The SMILES string of the molecule is CSc1ncc(Cl)c(C(=O)N[C@@H](Cc2ccccc2)C(=O)Nc2ccc(C)cc2C)n1. The van der Waals surface area contributed by atoms with E-state index in [-0.39, 0.29) is 16.6 Å². The van der Waals surface area contributed by atoms with E-state index in [9.17, 15) is 9.59 Å². The van der Waals surface area contributed by atoms with Gasteiger partial charge in [-0.1, -0.05) is 71.4 Å². The molecule has 0 radical (unpaired) electrons. The van der Waals surface area contributed by atoms with Gasteiger partial charge >= 0.3 is 0 Å². The van der Waals surface area contributed by atoms with Crippen LogP contribution in [0.1, 0.15) is 27.2 Å². The van der Waals surface area contributed by atoms with Crippen LogP contribution in [0.2, 0.25) is 5.02 Å². The van der Waals surface area contributed by atoms with Gasteiger partial charge < -0.3 is 10.6 Å². The van der Waals surface area contributed by atoms with E-state index in [1.807, 2.05) is 62.4 Å². The topological polar surface area (TPSA) is 84.0 Å². The number of halogens is 1. The van der Waals surface area contributed by atoms with Crippen molar-refractivity contribution in [2.24, 2.45) is 0 Å². The molecule has 1 atom stereocenters. The molecule has 0 saturated heterocycles. The number of carbonyl (C=O) groups excluding carboxylic acids is 2. The maximum absolute atomic E-state index is 13.1. The molecule has 0 saturated carbocycles. The Balaban J connectivity index is 1.85. The van der Waals surface area contributed by atoms with Crippen molar-refractivity contribution < 1.29 is 9.59 Å². The van der Waals surface area contributed by atoms with Crippen LogP contribution in [0.15, 0.2) is 59.9 Å². The molecule has 0 spiro atoms. The van der Waals surface area contributed by atoms with Crippen molar-refractivity contribution in [3.05, 3.63) is 82.1 Å². The molecule has 0 fully saturated rings. The minimum atomic E-state index is -0.820. The molecule has 8 heteroatoms. The van der Waals surface area contributed by atoms with Crippen molar-refractivity contribution in [2.75, 3.05) is 11.6 Å². The zero-order valence-corrected chi connectivity index (χ0v) is 19.1. The van der Waals surface area contributed by atoms with Crippen molar-refractivity contribution in [3.63, 3.8) is 0 Å². The first-order valence-corrected chi connectivity index (χ1v) is 11.3. The number of hydrogen-bond acceptors (Lipinski definition) is 5. The summed E-state index contributed by atoms with van der Waals surface area (Å²) in [7, 11) is 0. The summed E-state index contributed by atoms with van der Waals surface area (Å²) >= 11 is 7.44. The molecular weight excluding hydrogens is 432 g/mol. The number of aromatic nitrogens is 2. The number of hydrogen-bond donors (Lipinski definition) is 2. The Bertz CT molecular complexity index is 1090. The molecule has 0 aliphatic rings. The maximum atomic E-state index is 13.1. The predicted octanol–water partition coefficient (Wildman–Crippen LogP) is 4.45. The summed E-state index contributed by atoms with van der Waals surface area (Å²) in [5.41, 5.74) is 3.71. The second-order valence-corrected chi connectivity index (χ2v) is 8.26. The molecule has 2 amide bonds. The molecule has 3 rings (SSSR count). The zero-order valence-electron chi connectivity index (χ0n) is 17.5. The van der Waals surface area contributed by atoms with Crippen LogP contribution >= 0.6 is 23.4 Å². The lowest BCUT2D eigenvalue weighted by atomic mass is 10.0. The fourth-order valence-corrected chi connectivity index (χ4v) is 3.59. The number of carbonyl (C=O) groups is 2. The predicted molar refractivity (Wildman–Crippen MR) is 125 cm³/mol. The van der Waals surface area contributed by atoms with Gasteiger partial charge in [-0.05, 0) is 37.3 Å². The highest BCUT2D eigenvalue weighted by Crippen LogP contribution is 2.19. The molecule has 0 aliphatic heterocycles. The summed E-state index contributed by atoms with van der Waals surface area (Å²) in [6.07, 6.45) is 3.51. The molecule has 2 N–H and O–H groups in total. The van der Waals surface area contributed by atoms with Gasteiger partial charge in [0.2, 0.25) is 5.91 Å². The van der Waals surface area contributed by atoms with E-state index >= 15 is 0 Å². The molecule has 6 nitrogen and oxygen atoms in total. The Morgan fingerprint density at radius 1 is 1.13 bits per heavy atom. The first kappa shape index (κ1) is 22.8. The average molecular weight is 455 g/mol. The Labute approximate surface area is 190 Å². The quantitative estimate of drug-likeness (QED) is 0.407. The highest BCUT2D eigenvalue weighted by molar-refractivity contribution is 7.98. The van der Waals surface area contributed by atoms with E-state index in [4.69, 9.17) is 11.6 Å². The van der Waals surface area contributed by atoms with Crippen molar-refractivity contribution in [1.29, 1.82) is 0 Å². The van der Waals surface area contributed by atoms with Crippen LogP contribution in [0.4, 0.5) is 5.69 Å². The van der Waals surface area contributed by atoms with Crippen molar-refractivity contribution >= 4 is 40.9 Å². The summed E-state index contributed by atoms with van der Waals surface area (Å²) in [5, 5.41) is 6.27. The standard InChI is InChI=1S/C23H23ClN4O2S/c1-14-9-10-18(15(2)11-14)26-21(29)19(12-16-7-5-4-6-8-16)27-22(30)20-17(24)13-25-23(28-20)31-3/h4-11,13,19H,12H2,1-3H3,(H,26,29)(H,27,30)/t19-/m0/s1. The zero-order chi connectivity index (χ0) is 22.4. The van der Waals surface area contributed by atoms with Crippen LogP contribution in [0, 0.1) is 13.8 Å². The summed E-state index contributed by atoms with van der Waals surface area (Å²) in [6, 6.07) is 14.5. The number of amides is 2. The third kappa shape index (κ3) is 6.06. The number of nitrogens with one attached hydrogen (secondary N) is 2. The molecule has 1 heterocycles. The van der Waals surface area contributed by atoms with E-state index in [0.29, 0.717) is 17.3 Å². The first-order valence-electron chi connectivity index (χ1n) is 9.67. The maximum Gasteiger partial charge on any atom is 0.272 e. The van der Waals surface area contributed by atoms with Crippen molar-refractivity contribution in [3.8, 4) is 0 Å². The number of anilines is 1. The van der Waals surface area contributed by atoms with Crippen LogP contribution in [-0.4, -0.2) is 34.1 Å². The fraction of sp³-hybridized carbons (Fsp3) is 0.217. The highest BCUT2D eigenvalue weighted by atomic mass is 35.5. The Kier molecular flexibility index (Phi) is 7.65. The monoisotopic (exact) mass is 454 g/mol. The van der Waals surface area contributed by atoms with E-state index in [1.165, 1.54) is 18.0 Å². The van der Waals surface area contributed by atoms with Crippen LogP contribution in [0.25, 0.3) is 0 Å². The van der Waals surface area contributed by atoms with Gasteiger partial charge in [0.05, 0.1) is 11.2 Å². The molecule has 0 bridgehead atoms. The molecule has 160 valence electrons. The Hall–Kier alpha value is -2.90. The minimum Gasteiger partial charge on any atom is -0.338 e. The molecule has 1 aromatic heterocycles. The van der Waals surface area contributed by atoms with Gasteiger partial charge in [0.15, 0.2) is 10.9 Å². The van der Waals surface area contributed by atoms with Crippen molar-refractivity contribution in [1.82, 2.24) is 15.3 Å². The van der Waals surface area contributed by atoms with E-state index in [2.05, 4.69) is 20.6 Å². The van der Waals surface area contributed by atoms with Crippen LogP contribution in [0.5, 0.6) is 0 Å². The summed E-state index contributed by atoms with van der Waals surface area (Å²) in [4.78, 5) is 34.3. The Morgan fingerprint density at radius 3 is 2.55 bits per heavy atom. The molecule has 3 aromatic rings. The fourth-order valence-electron chi connectivity index (χ4n) is 3.07. The van der Waals surface area contributed by atoms with Gasteiger partial charge in [0, 0.05) is 12.1 Å². The van der Waals surface area contributed by atoms with Crippen LogP contribution in [-0.2, 0) is 11.2 Å². The third-order valence-electron chi connectivity index (χ3n) is 4.66. The molecular formula is C23H23ClN4O2S. The summed E-state index contributed by atoms with van der Waals surface area (Å²) < 4.78 is 0. The lowest BCUT2D eigenvalue weighted by molar-refractivity contribution is -0.118. The third-order valence-corrected chi connectivity index (χ3v) is 5.50. The number of nitrogens with zero attached hydrogens (tertiary/aromatic N) is 2. The number of aryl methyl sites for hydroxylation is 2. The molecule has 31 heavy (non-hydrogen) atoms. The lowest BCUT2D eigenvalue weighted by Gasteiger charge is -2.20. The van der Waals surface area contributed by atoms with E-state index in [1.54, 1.807) is 6.26 Å². The smallest absolute Gasteiger partial charge is 0.272 e. The van der Waals surface area contributed by atoms with E-state index < -0.39 is 11.9 Å². The van der Waals surface area contributed by atoms with Gasteiger partial charge in [0.1, 0.15) is 6.04 Å². The molecule has 0 unspecified atom stereocenters. The van der Waals surface area contributed by atoms with Gasteiger partial charge in [-0.2, -0.15) is 0 Å². The second kappa shape index (κ2) is 10.4. The minimum absolute atomic E-state index is 0.0402. The largest absolute Gasteiger partial charge is 0.338 e. The highest BCUT2D eigenvalue weighted by Gasteiger charge is 2.24. The van der Waals surface area contributed by atoms with Gasteiger partial charge in [-0.25, -0.2) is 9.97 Å². The lowest BCUT2D eigenvalue weighted by Crippen LogP contribution is -2.45. The van der Waals surface area contributed by atoms with Crippen molar-refractivity contribution in [2.45, 2.75) is 31.5 Å². The van der Waals surface area contributed by atoms with Gasteiger partial charge in [0.25, 0.3) is 5.91 Å². The summed E-state index contributed by atoms with van der Waals surface area (Å²) in [5.74, 6) is -0.848. The normalized spacial score (nSPS) is 11.6. The van der Waals surface area contributed by atoms with Gasteiger partial charge in [-0.3, -0.25) is 9.59 Å². The molecule has 2 aromatic carbocycles. The number of benzene rings is 2. The van der Waals surface area contributed by atoms with Crippen LogP contribution in [0.3, 0.4) is 0 Å². The Morgan fingerprint density at radius 2 is 1.87 bits per heavy atom. The van der Waals surface area contributed by atoms with E-state index in [0.717, 1.165) is 16.7 Å². The summed E-state index contributed by atoms with van der Waals surface area (Å²) in [6.45, 7) is 3.92. The number of rotatable bonds is 7. The van der Waals surface area contributed by atoms with Gasteiger partial charge in [-0.15, -0.1) is 0 Å². The average Bonchev–Trinajstić information content (AvgIpc) is 2.76. The number of thioether (sulfide) groups is 1. The molecule has 0 aliphatic carbocycles. The van der Waals surface area contributed by atoms with Crippen LogP contribution < -0.4 is 10.6 Å². The second-order valence-electron chi connectivity index (χ2n) is 7.08.